The normalized spacial score (nSPS) is 51.9. The molecule has 0 aromatic heterocycles. The van der Waals surface area contributed by atoms with E-state index in [0.717, 1.165) is 30.6 Å². The van der Waals surface area contributed by atoms with Crippen LogP contribution >= 0.6 is 0 Å². The molecule has 4 bridgehead atoms. The zero-order chi connectivity index (χ0) is 14.6. The highest BCUT2D eigenvalue weighted by molar-refractivity contribution is 5.80. The van der Waals surface area contributed by atoms with Crippen LogP contribution in [-0.4, -0.2) is 17.5 Å². The predicted molar refractivity (Wildman–Crippen MR) is 83.5 cm³/mol. The van der Waals surface area contributed by atoms with E-state index >= 15 is 0 Å². The van der Waals surface area contributed by atoms with E-state index in [9.17, 15) is 4.79 Å². The molecule has 0 aliphatic heterocycles. The number of nitrogens with two attached hydrogens (primary N) is 1. The molecule has 5 rings (SSSR count). The molecular weight excluding hydrogens is 260 g/mol. The minimum Gasteiger partial charge on any atom is -0.350 e. The summed E-state index contributed by atoms with van der Waals surface area (Å²) in [5.74, 6) is 3.48. The van der Waals surface area contributed by atoms with E-state index < -0.39 is 0 Å². The van der Waals surface area contributed by atoms with Crippen LogP contribution < -0.4 is 11.1 Å². The highest BCUT2D eigenvalue weighted by atomic mass is 16.2. The maximum Gasteiger partial charge on any atom is 0.225 e. The molecule has 5 fully saturated rings. The van der Waals surface area contributed by atoms with Gasteiger partial charge in [0, 0.05) is 11.6 Å². The van der Waals surface area contributed by atoms with Crippen molar-refractivity contribution in [1.29, 1.82) is 0 Å². The van der Waals surface area contributed by atoms with Crippen molar-refractivity contribution in [1.82, 2.24) is 5.32 Å². The molecule has 0 aromatic carbocycles. The van der Waals surface area contributed by atoms with Crippen LogP contribution in [0.15, 0.2) is 0 Å². The fourth-order valence-electron chi connectivity index (χ4n) is 6.36. The van der Waals surface area contributed by atoms with Gasteiger partial charge in [-0.3, -0.25) is 4.79 Å². The monoisotopic (exact) mass is 290 g/mol. The Balaban J connectivity index is 1.47. The molecule has 5 saturated carbocycles. The van der Waals surface area contributed by atoms with Gasteiger partial charge in [-0.25, -0.2) is 0 Å². The van der Waals surface area contributed by atoms with Crippen LogP contribution in [0.3, 0.4) is 0 Å². The Morgan fingerprint density at radius 2 is 1.62 bits per heavy atom. The predicted octanol–water partition coefficient (Wildman–Crippen LogP) is 2.83. The molecule has 1 amide bonds. The molecule has 5 aliphatic rings. The molecule has 0 heterocycles. The first-order valence-corrected chi connectivity index (χ1v) is 9.12. The Kier molecular flexibility index (Phi) is 3.33. The highest BCUT2D eigenvalue weighted by Gasteiger charge is 2.52. The van der Waals surface area contributed by atoms with E-state index in [-0.39, 0.29) is 23.4 Å². The lowest BCUT2D eigenvalue weighted by Crippen LogP contribution is -2.62. The molecule has 3 unspecified atom stereocenters. The third kappa shape index (κ3) is 2.42. The average Bonchev–Trinajstić information content (AvgIpc) is 2.39. The third-order valence-electron chi connectivity index (χ3n) is 7.06. The molecule has 0 radical (unpaired) electrons. The van der Waals surface area contributed by atoms with Crippen molar-refractivity contribution < 1.29 is 4.79 Å². The number of rotatable bonds is 2. The second kappa shape index (κ2) is 4.97. The van der Waals surface area contributed by atoms with Crippen molar-refractivity contribution in [3.8, 4) is 0 Å². The molecule has 3 N–H and O–H groups in total. The van der Waals surface area contributed by atoms with Crippen molar-refractivity contribution in [2.24, 2.45) is 35.3 Å². The van der Waals surface area contributed by atoms with E-state index in [1.165, 1.54) is 44.9 Å². The summed E-state index contributed by atoms with van der Waals surface area (Å²) in [6.45, 7) is 2.20. The quantitative estimate of drug-likeness (QED) is 0.821. The molecule has 5 aliphatic carbocycles. The summed E-state index contributed by atoms with van der Waals surface area (Å²) in [5.41, 5.74) is 6.47. The summed E-state index contributed by atoms with van der Waals surface area (Å²) in [6.07, 6.45) is 11.3. The van der Waals surface area contributed by atoms with Crippen LogP contribution in [-0.2, 0) is 4.79 Å². The van der Waals surface area contributed by atoms with Gasteiger partial charge in [-0.05, 0) is 75.0 Å². The number of nitrogens with one attached hydrogen (secondary N) is 1. The molecule has 21 heavy (non-hydrogen) atoms. The molecule has 3 nitrogen and oxygen atoms in total. The van der Waals surface area contributed by atoms with E-state index in [1.807, 2.05) is 0 Å². The summed E-state index contributed by atoms with van der Waals surface area (Å²) in [4.78, 5) is 12.8. The first-order valence-electron chi connectivity index (χ1n) is 9.12. The summed E-state index contributed by atoms with van der Waals surface area (Å²) < 4.78 is 0. The van der Waals surface area contributed by atoms with Crippen molar-refractivity contribution >= 4 is 5.91 Å². The first kappa shape index (κ1) is 14.0. The molecule has 118 valence electrons. The Hall–Kier alpha value is -0.570. The SMILES string of the molecule is CC1CCCC(C(=O)NC23CC4CC(CC(C4)C2)C3)C1N. The van der Waals surface area contributed by atoms with Crippen LogP contribution in [0, 0.1) is 29.6 Å². The summed E-state index contributed by atoms with van der Waals surface area (Å²) in [6, 6.07) is 0.0627. The van der Waals surface area contributed by atoms with Gasteiger partial charge in [-0.1, -0.05) is 13.3 Å². The van der Waals surface area contributed by atoms with Crippen molar-refractivity contribution in [2.75, 3.05) is 0 Å². The number of carbonyl (C=O) groups excluding carboxylic acids is 1. The van der Waals surface area contributed by atoms with E-state index in [2.05, 4.69) is 12.2 Å². The molecule has 0 aromatic rings. The van der Waals surface area contributed by atoms with Crippen LogP contribution in [0.4, 0.5) is 0 Å². The molecule has 0 saturated heterocycles. The van der Waals surface area contributed by atoms with Gasteiger partial charge in [-0.2, -0.15) is 0 Å². The van der Waals surface area contributed by atoms with Gasteiger partial charge in [-0.15, -0.1) is 0 Å². The number of hydrogen-bond acceptors (Lipinski definition) is 2. The van der Waals surface area contributed by atoms with Gasteiger partial charge < -0.3 is 11.1 Å². The summed E-state index contributed by atoms with van der Waals surface area (Å²) in [7, 11) is 0. The standard InChI is InChI=1S/C18H30N2O/c1-11-3-2-4-15(16(11)19)17(21)20-18-8-12-5-13(9-18)7-14(6-12)10-18/h11-16H,2-10,19H2,1H3,(H,20,21). The summed E-state index contributed by atoms with van der Waals surface area (Å²) in [5, 5.41) is 3.53. The van der Waals surface area contributed by atoms with Crippen LogP contribution in [0.2, 0.25) is 0 Å². The van der Waals surface area contributed by atoms with Crippen LogP contribution in [0.5, 0.6) is 0 Å². The molecule has 3 atom stereocenters. The summed E-state index contributed by atoms with van der Waals surface area (Å²) >= 11 is 0. The Morgan fingerprint density at radius 3 is 2.19 bits per heavy atom. The highest BCUT2D eigenvalue weighted by Crippen LogP contribution is 2.55. The average molecular weight is 290 g/mol. The van der Waals surface area contributed by atoms with E-state index in [4.69, 9.17) is 5.73 Å². The van der Waals surface area contributed by atoms with E-state index in [0.29, 0.717) is 5.92 Å². The topological polar surface area (TPSA) is 55.1 Å². The number of amides is 1. The number of carbonyl (C=O) groups is 1. The van der Waals surface area contributed by atoms with Crippen LogP contribution in [0.1, 0.15) is 64.7 Å². The minimum atomic E-state index is 0.0572. The molecular formula is C18H30N2O. The van der Waals surface area contributed by atoms with Gasteiger partial charge in [0.2, 0.25) is 5.91 Å². The molecule has 0 spiro atoms. The van der Waals surface area contributed by atoms with Crippen molar-refractivity contribution in [2.45, 2.75) is 76.3 Å². The Morgan fingerprint density at radius 1 is 1.05 bits per heavy atom. The fourth-order valence-corrected chi connectivity index (χ4v) is 6.36. The zero-order valence-corrected chi connectivity index (χ0v) is 13.3. The van der Waals surface area contributed by atoms with Gasteiger partial charge >= 0.3 is 0 Å². The Labute approximate surface area is 128 Å². The maximum atomic E-state index is 12.8. The van der Waals surface area contributed by atoms with E-state index in [1.54, 1.807) is 0 Å². The minimum absolute atomic E-state index is 0.0572. The smallest absolute Gasteiger partial charge is 0.225 e. The van der Waals surface area contributed by atoms with Crippen molar-refractivity contribution in [3.05, 3.63) is 0 Å². The van der Waals surface area contributed by atoms with Crippen LogP contribution in [0.25, 0.3) is 0 Å². The fraction of sp³-hybridized carbons (Fsp3) is 0.944. The second-order valence-corrected chi connectivity index (χ2v) is 8.78. The number of hydrogen-bond donors (Lipinski definition) is 2. The van der Waals surface area contributed by atoms with Gasteiger partial charge in [0.05, 0.1) is 5.92 Å². The largest absolute Gasteiger partial charge is 0.350 e. The van der Waals surface area contributed by atoms with Gasteiger partial charge in [0.15, 0.2) is 0 Å². The third-order valence-corrected chi connectivity index (χ3v) is 7.06. The zero-order valence-electron chi connectivity index (χ0n) is 13.3. The van der Waals surface area contributed by atoms with Gasteiger partial charge in [0.1, 0.15) is 0 Å². The van der Waals surface area contributed by atoms with Crippen molar-refractivity contribution in [3.63, 3.8) is 0 Å². The lowest BCUT2D eigenvalue weighted by molar-refractivity contribution is -0.132. The lowest BCUT2D eigenvalue weighted by Gasteiger charge is -2.57. The first-order chi connectivity index (χ1) is 10.0. The lowest BCUT2D eigenvalue weighted by atomic mass is 9.53. The second-order valence-electron chi connectivity index (χ2n) is 8.78. The molecule has 3 heteroatoms. The Bertz CT molecular complexity index is 398. The van der Waals surface area contributed by atoms with Gasteiger partial charge in [0.25, 0.3) is 0 Å². The maximum absolute atomic E-state index is 12.8.